The minimum Gasteiger partial charge on any atom is -0.295 e. The first-order valence-corrected chi connectivity index (χ1v) is 16.8. The molecule has 220 valence electrons. The van der Waals surface area contributed by atoms with Crippen LogP contribution in [0, 0.1) is 0 Å². The molecule has 0 spiro atoms. The SMILES string of the molecule is c1ccc(-c2cc(-c3ccccc3)cc(-c3cccc4c3c3c5cccc6c5n(c3n4-c3ccccc3)-c3ccccc3S6)c2)cc1. The molecule has 0 bridgehead atoms. The summed E-state index contributed by atoms with van der Waals surface area (Å²) in [5.74, 6) is 0. The molecule has 0 amide bonds. The van der Waals surface area contributed by atoms with E-state index in [0.717, 1.165) is 5.69 Å². The molecule has 10 rings (SSSR count). The van der Waals surface area contributed by atoms with Crippen LogP contribution in [0.15, 0.2) is 180 Å². The van der Waals surface area contributed by atoms with E-state index in [-0.39, 0.29) is 0 Å². The van der Waals surface area contributed by atoms with E-state index >= 15 is 0 Å². The number of nitrogens with zero attached hydrogens (tertiary/aromatic N) is 2. The van der Waals surface area contributed by atoms with Gasteiger partial charge in [-0.15, -0.1) is 0 Å². The monoisotopic (exact) mass is 616 g/mol. The Morgan fingerprint density at radius 3 is 1.72 bits per heavy atom. The lowest BCUT2D eigenvalue weighted by Gasteiger charge is -2.21. The van der Waals surface area contributed by atoms with E-state index in [1.54, 1.807) is 0 Å². The standard InChI is InChI=1S/C44H28N2S/c1-4-14-29(15-5-1)31-26-32(30-16-6-2-7-17-30)28-33(27-31)35-20-12-23-38-41(35)42-36-21-13-25-40-43(36)46(37-22-10-11-24-39(37)47-40)44(42)45(38)34-18-8-3-9-19-34/h1-28H. The summed E-state index contributed by atoms with van der Waals surface area (Å²) >= 11 is 1.87. The van der Waals surface area contributed by atoms with Crippen LogP contribution in [0.25, 0.3) is 77.6 Å². The molecule has 9 aromatic rings. The van der Waals surface area contributed by atoms with Gasteiger partial charge in [-0.1, -0.05) is 127 Å². The molecule has 1 aliphatic rings. The van der Waals surface area contributed by atoms with Gasteiger partial charge in [-0.2, -0.15) is 0 Å². The highest BCUT2D eigenvalue weighted by molar-refractivity contribution is 7.99. The fourth-order valence-corrected chi connectivity index (χ4v) is 8.57. The Labute approximate surface area is 277 Å². The summed E-state index contributed by atoms with van der Waals surface area (Å²) in [6, 6.07) is 61.8. The predicted octanol–water partition coefficient (Wildman–Crippen LogP) is 12.2. The lowest BCUT2D eigenvalue weighted by molar-refractivity contribution is 1.03. The first-order chi connectivity index (χ1) is 23.3. The van der Waals surface area contributed by atoms with Crippen LogP contribution >= 0.6 is 11.8 Å². The summed E-state index contributed by atoms with van der Waals surface area (Å²) in [6.07, 6.45) is 0. The third-order valence-corrected chi connectivity index (χ3v) is 10.6. The molecule has 3 heteroatoms. The largest absolute Gasteiger partial charge is 0.295 e. The van der Waals surface area contributed by atoms with Crippen LogP contribution in [0.4, 0.5) is 0 Å². The van der Waals surface area contributed by atoms with E-state index in [0.29, 0.717) is 0 Å². The summed E-state index contributed by atoms with van der Waals surface area (Å²) in [5, 5.41) is 3.86. The molecular formula is C44H28N2S. The van der Waals surface area contributed by atoms with E-state index in [9.17, 15) is 0 Å². The number of para-hydroxylation sites is 3. The van der Waals surface area contributed by atoms with Crippen LogP contribution < -0.4 is 0 Å². The Hall–Kier alpha value is -5.77. The van der Waals surface area contributed by atoms with E-state index in [1.807, 2.05) is 11.8 Å². The molecule has 0 N–H and O–H groups in total. The Kier molecular flexibility index (Phi) is 5.84. The van der Waals surface area contributed by atoms with Crippen molar-refractivity contribution in [3.8, 4) is 44.8 Å². The minimum atomic E-state index is 1.16. The maximum atomic E-state index is 2.51. The van der Waals surface area contributed by atoms with Gasteiger partial charge in [0, 0.05) is 31.6 Å². The lowest BCUT2D eigenvalue weighted by Crippen LogP contribution is -2.05. The van der Waals surface area contributed by atoms with Crippen LogP contribution in [-0.2, 0) is 0 Å². The van der Waals surface area contributed by atoms with E-state index < -0.39 is 0 Å². The highest BCUT2D eigenvalue weighted by Gasteiger charge is 2.28. The number of hydrogen-bond acceptors (Lipinski definition) is 1. The van der Waals surface area contributed by atoms with Crippen molar-refractivity contribution in [2.75, 3.05) is 0 Å². The van der Waals surface area contributed by atoms with Gasteiger partial charge in [0.15, 0.2) is 0 Å². The van der Waals surface area contributed by atoms with Crippen molar-refractivity contribution in [1.29, 1.82) is 0 Å². The fraction of sp³-hybridized carbons (Fsp3) is 0. The maximum Gasteiger partial charge on any atom is 0.131 e. The van der Waals surface area contributed by atoms with Crippen molar-refractivity contribution in [2.45, 2.75) is 9.79 Å². The Bertz CT molecular complexity index is 2570. The molecule has 0 radical (unpaired) electrons. The third kappa shape index (κ3) is 4.00. The van der Waals surface area contributed by atoms with Crippen molar-refractivity contribution in [3.63, 3.8) is 0 Å². The number of hydrogen-bond donors (Lipinski definition) is 0. The van der Waals surface area contributed by atoms with Crippen LogP contribution in [-0.4, -0.2) is 9.13 Å². The predicted molar refractivity (Wildman–Crippen MR) is 198 cm³/mol. The van der Waals surface area contributed by atoms with Crippen LogP contribution in [0.1, 0.15) is 0 Å². The second kappa shape index (κ2) is 10.4. The van der Waals surface area contributed by atoms with E-state index in [4.69, 9.17) is 0 Å². The number of benzene rings is 7. The van der Waals surface area contributed by atoms with Gasteiger partial charge in [0.25, 0.3) is 0 Å². The summed E-state index contributed by atoms with van der Waals surface area (Å²) in [7, 11) is 0. The molecule has 1 aliphatic heterocycles. The zero-order valence-corrected chi connectivity index (χ0v) is 26.3. The molecular weight excluding hydrogens is 589 g/mol. The molecule has 0 fully saturated rings. The molecule has 2 aromatic heterocycles. The van der Waals surface area contributed by atoms with E-state index in [1.165, 1.54) is 81.7 Å². The lowest BCUT2D eigenvalue weighted by atomic mass is 9.91. The van der Waals surface area contributed by atoms with Gasteiger partial charge < -0.3 is 0 Å². The van der Waals surface area contributed by atoms with Gasteiger partial charge in [-0.3, -0.25) is 9.13 Å². The van der Waals surface area contributed by atoms with Gasteiger partial charge in [0.2, 0.25) is 0 Å². The van der Waals surface area contributed by atoms with Crippen molar-refractivity contribution in [3.05, 3.63) is 170 Å². The summed E-state index contributed by atoms with van der Waals surface area (Å²) in [5.41, 5.74) is 13.4. The average molecular weight is 617 g/mol. The number of fused-ring (bicyclic) bond motifs is 7. The molecule has 7 aromatic carbocycles. The Morgan fingerprint density at radius 1 is 0.404 bits per heavy atom. The first-order valence-electron chi connectivity index (χ1n) is 16.0. The normalized spacial score (nSPS) is 12.2. The highest BCUT2D eigenvalue weighted by atomic mass is 32.2. The average Bonchev–Trinajstić information content (AvgIpc) is 3.67. The van der Waals surface area contributed by atoms with Gasteiger partial charge in [0.1, 0.15) is 5.65 Å². The van der Waals surface area contributed by atoms with Crippen LogP contribution in [0.5, 0.6) is 0 Å². The van der Waals surface area contributed by atoms with Crippen molar-refractivity contribution in [1.82, 2.24) is 9.13 Å². The van der Waals surface area contributed by atoms with Gasteiger partial charge in [-0.05, 0) is 88.0 Å². The molecule has 0 atom stereocenters. The zero-order chi connectivity index (χ0) is 30.9. The summed E-state index contributed by atoms with van der Waals surface area (Å²) in [4.78, 5) is 2.57. The number of rotatable bonds is 4. The van der Waals surface area contributed by atoms with E-state index in [2.05, 4.69) is 179 Å². The maximum absolute atomic E-state index is 2.51. The third-order valence-electron chi connectivity index (χ3n) is 9.47. The van der Waals surface area contributed by atoms with Crippen molar-refractivity contribution < 1.29 is 0 Å². The second-order valence-electron chi connectivity index (χ2n) is 12.2. The van der Waals surface area contributed by atoms with Crippen molar-refractivity contribution >= 4 is 44.6 Å². The molecule has 0 unspecified atom stereocenters. The van der Waals surface area contributed by atoms with Gasteiger partial charge >= 0.3 is 0 Å². The molecule has 2 nitrogen and oxygen atoms in total. The molecule has 0 saturated heterocycles. The first kappa shape index (κ1) is 26.4. The van der Waals surface area contributed by atoms with Crippen LogP contribution in [0.2, 0.25) is 0 Å². The Balaban J connectivity index is 1.37. The number of aromatic nitrogens is 2. The topological polar surface area (TPSA) is 9.86 Å². The fourth-order valence-electron chi connectivity index (χ4n) is 7.47. The quantitative estimate of drug-likeness (QED) is 0.191. The van der Waals surface area contributed by atoms with Crippen molar-refractivity contribution in [2.24, 2.45) is 0 Å². The Morgan fingerprint density at radius 2 is 1.00 bits per heavy atom. The molecule has 0 saturated carbocycles. The smallest absolute Gasteiger partial charge is 0.131 e. The minimum absolute atomic E-state index is 1.16. The molecule has 3 heterocycles. The molecule has 0 aliphatic carbocycles. The molecule has 47 heavy (non-hydrogen) atoms. The highest BCUT2D eigenvalue weighted by Crippen LogP contribution is 2.51. The zero-order valence-electron chi connectivity index (χ0n) is 25.5. The van der Waals surface area contributed by atoms with Gasteiger partial charge in [-0.25, -0.2) is 0 Å². The second-order valence-corrected chi connectivity index (χ2v) is 13.2. The van der Waals surface area contributed by atoms with Gasteiger partial charge in [0.05, 0.1) is 16.7 Å². The van der Waals surface area contributed by atoms with Crippen LogP contribution in [0.3, 0.4) is 0 Å². The summed E-state index contributed by atoms with van der Waals surface area (Å²) in [6.45, 7) is 0. The summed E-state index contributed by atoms with van der Waals surface area (Å²) < 4.78 is 4.99.